The maximum Gasteiger partial charge on any atom is 0.416 e. The standard InChI is InChI=1S/C15H21F3N2O/c16-15(17,18)12-6-4-11(5-7-12)14(20-19)9-8-13-3-1-2-10-21-13/h4-7,13-14,20H,1-3,8-10,19H2. The Morgan fingerprint density at radius 1 is 1.24 bits per heavy atom. The molecule has 2 unspecified atom stereocenters. The average Bonchev–Trinajstić information content (AvgIpc) is 2.48. The predicted molar refractivity (Wildman–Crippen MR) is 74.3 cm³/mol. The third-order valence-electron chi connectivity index (χ3n) is 3.89. The maximum absolute atomic E-state index is 12.5. The molecule has 2 atom stereocenters. The molecule has 1 aliphatic heterocycles. The van der Waals surface area contributed by atoms with Gasteiger partial charge in [0.15, 0.2) is 0 Å². The summed E-state index contributed by atoms with van der Waals surface area (Å²) in [6, 6.07) is 5.00. The van der Waals surface area contributed by atoms with E-state index in [1.54, 1.807) is 0 Å². The van der Waals surface area contributed by atoms with E-state index in [-0.39, 0.29) is 12.1 Å². The zero-order chi connectivity index (χ0) is 15.3. The molecule has 0 bridgehead atoms. The summed E-state index contributed by atoms with van der Waals surface area (Å²) in [7, 11) is 0. The molecule has 1 aromatic carbocycles. The smallest absolute Gasteiger partial charge is 0.378 e. The van der Waals surface area contributed by atoms with Crippen molar-refractivity contribution < 1.29 is 17.9 Å². The second-order valence-corrected chi connectivity index (χ2v) is 5.40. The van der Waals surface area contributed by atoms with E-state index in [0.29, 0.717) is 0 Å². The van der Waals surface area contributed by atoms with Crippen LogP contribution in [-0.2, 0) is 10.9 Å². The number of rotatable bonds is 5. The van der Waals surface area contributed by atoms with Gasteiger partial charge >= 0.3 is 6.18 Å². The Balaban J connectivity index is 1.93. The Kier molecular flexibility index (Phi) is 5.61. The summed E-state index contributed by atoms with van der Waals surface area (Å²) in [4.78, 5) is 0. The zero-order valence-electron chi connectivity index (χ0n) is 11.8. The van der Waals surface area contributed by atoms with E-state index in [0.717, 1.165) is 50.0 Å². The van der Waals surface area contributed by atoms with Crippen molar-refractivity contribution in [3.63, 3.8) is 0 Å². The van der Waals surface area contributed by atoms with Crippen LogP contribution in [0.4, 0.5) is 13.2 Å². The first kappa shape index (κ1) is 16.3. The molecule has 0 amide bonds. The molecule has 0 spiro atoms. The van der Waals surface area contributed by atoms with Gasteiger partial charge in [0.2, 0.25) is 0 Å². The quantitative estimate of drug-likeness (QED) is 0.646. The van der Waals surface area contributed by atoms with Gasteiger partial charge in [-0.2, -0.15) is 13.2 Å². The molecule has 1 aromatic rings. The monoisotopic (exact) mass is 302 g/mol. The highest BCUT2D eigenvalue weighted by atomic mass is 19.4. The molecule has 21 heavy (non-hydrogen) atoms. The second kappa shape index (κ2) is 7.24. The molecule has 6 heteroatoms. The summed E-state index contributed by atoms with van der Waals surface area (Å²) in [6.45, 7) is 0.797. The summed E-state index contributed by atoms with van der Waals surface area (Å²) < 4.78 is 43.3. The summed E-state index contributed by atoms with van der Waals surface area (Å²) in [5.41, 5.74) is 2.80. The first-order valence-electron chi connectivity index (χ1n) is 7.25. The lowest BCUT2D eigenvalue weighted by Gasteiger charge is -2.25. The van der Waals surface area contributed by atoms with Gasteiger partial charge in [-0.1, -0.05) is 12.1 Å². The molecule has 0 aliphatic carbocycles. The van der Waals surface area contributed by atoms with E-state index in [1.807, 2.05) is 0 Å². The fourth-order valence-corrected chi connectivity index (χ4v) is 2.64. The van der Waals surface area contributed by atoms with Gasteiger partial charge in [0.25, 0.3) is 0 Å². The Labute approximate surface area is 122 Å². The topological polar surface area (TPSA) is 47.3 Å². The number of alkyl halides is 3. The number of hydrazine groups is 1. The van der Waals surface area contributed by atoms with Crippen LogP contribution in [0.15, 0.2) is 24.3 Å². The highest BCUT2D eigenvalue weighted by molar-refractivity contribution is 5.26. The molecule has 0 saturated carbocycles. The van der Waals surface area contributed by atoms with Crippen molar-refractivity contribution in [2.45, 2.75) is 50.4 Å². The fourth-order valence-electron chi connectivity index (χ4n) is 2.64. The number of halogens is 3. The van der Waals surface area contributed by atoms with E-state index in [1.165, 1.54) is 18.6 Å². The van der Waals surface area contributed by atoms with E-state index in [2.05, 4.69) is 5.43 Å². The van der Waals surface area contributed by atoms with Gasteiger partial charge in [0.05, 0.1) is 11.7 Å². The largest absolute Gasteiger partial charge is 0.416 e. The van der Waals surface area contributed by atoms with Crippen molar-refractivity contribution >= 4 is 0 Å². The molecule has 1 aliphatic rings. The average molecular weight is 302 g/mol. The van der Waals surface area contributed by atoms with E-state index >= 15 is 0 Å². The summed E-state index contributed by atoms with van der Waals surface area (Å²) in [5.74, 6) is 5.53. The molecular weight excluding hydrogens is 281 g/mol. The Morgan fingerprint density at radius 2 is 1.95 bits per heavy atom. The van der Waals surface area contributed by atoms with Crippen LogP contribution >= 0.6 is 0 Å². The van der Waals surface area contributed by atoms with Crippen LogP contribution in [0, 0.1) is 0 Å². The van der Waals surface area contributed by atoms with E-state index in [9.17, 15) is 13.2 Å². The van der Waals surface area contributed by atoms with E-state index in [4.69, 9.17) is 10.6 Å². The first-order valence-corrected chi connectivity index (χ1v) is 7.25. The molecule has 0 radical (unpaired) electrons. The molecule has 118 valence electrons. The van der Waals surface area contributed by atoms with Gasteiger partial charge in [-0.05, 0) is 49.8 Å². The van der Waals surface area contributed by atoms with Crippen LogP contribution in [0.5, 0.6) is 0 Å². The Hall–Kier alpha value is -1.11. The lowest BCUT2D eigenvalue weighted by Crippen LogP contribution is -2.29. The van der Waals surface area contributed by atoms with Crippen LogP contribution in [0.2, 0.25) is 0 Å². The van der Waals surface area contributed by atoms with Crippen LogP contribution < -0.4 is 11.3 Å². The minimum absolute atomic E-state index is 0.155. The third kappa shape index (κ3) is 4.69. The van der Waals surface area contributed by atoms with E-state index < -0.39 is 11.7 Å². The lowest BCUT2D eigenvalue weighted by atomic mass is 9.97. The second-order valence-electron chi connectivity index (χ2n) is 5.40. The maximum atomic E-state index is 12.5. The number of nitrogens with one attached hydrogen (secondary N) is 1. The fraction of sp³-hybridized carbons (Fsp3) is 0.600. The Bertz CT molecular complexity index is 428. The van der Waals surface area contributed by atoms with Gasteiger partial charge in [-0.15, -0.1) is 0 Å². The van der Waals surface area contributed by atoms with Gasteiger partial charge < -0.3 is 4.74 Å². The minimum Gasteiger partial charge on any atom is -0.378 e. The van der Waals surface area contributed by atoms with Gasteiger partial charge in [-0.25, -0.2) is 0 Å². The summed E-state index contributed by atoms with van der Waals surface area (Å²) in [6.07, 6.45) is 0.857. The van der Waals surface area contributed by atoms with Crippen molar-refractivity contribution in [1.29, 1.82) is 0 Å². The molecule has 1 heterocycles. The molecule has 1 saturated heterocycles. The summed E-state index contributed by atoms with van der Waals surface area (Å²) >= 11 is 0. The molecule has 0 aromatic heterocycles. The van der Waals surface area contributed by atoms with Crippen LogP contribution in [0.25, 0.3) is 0 Å². The highest BCUT2D eigenvalue weighted by Gasteiger charge is 2.30. The lowest BCUT2D eigenvalue weighted by molar-refractivity contribution is -0.137. The van der Waals surface area contributed by atoms with Crippen molar-refractivity contribution in [3.8, 4) is 0 Å². The first-order chi connectivity index (χ1) is 10.0. The molecule has 1 fully saturated rings. The summed E-state index contributed by atoms with van der Waals surface area (Å²) in [5, 5.41) is 0. The normalized spacial score (nSPS) is 21.2. The predicted octanol–water partition coefficient (Wildman–Crippen LogP) is 3.56. The molecule has 3 N–H and O–H groups in total. The number of benzene rings is 1. The number of nitrogens with two attached hydrogens (primary N) is 1. The number of ether oxygens (including phenoxy) is 1. The number of hydrogen-bond acceptors (Lipinski definition) is 3. The number of hydrogen-bond donors (Lipinski definition) is 2. The van der Waals surface area contributed by atoms with Crippen LogP contribution in [-0.4, -0.2) is 12.7 Å². The SMILES string of the molecule is NNC(CCC1CCCCO1)c1ccc(C(F)(F)F)cc1. The van der Waals surface area contributed by atoms with Crippen LogP contribution in [0.3, 0.4) is 0 Å². The third-order valence-corrected chi connectivity index (χ3v) is 3.89. The molecular formula is C15H21F3N2O. The molecule has 3 nitrogen and oxygen atoms in total. The zero-order valence-corrected chi connectivity index (χ0v) is 11.8. The van der Waals surface area contributed by atoms with Crippen molar-refractivity contribution in [2.24, 2.45) is 5.84 Å². The molecule has 2 rings (SSSR count). The minimum atomic E-state index is -4.31. The highest BCUT2D eigenvalue weighted by Crippen LogP contribution is 2.30. The van der Waals surface area contributed by atoms with Crippen molar-refractivity contribution in [1.82, 2.24) is 5.43 Å². The van der Waals surface area contributed by atoms with Crippen LogP contribution in [0.1, 0.15) is 49.3 Å². The Morgan fingerprint density at radius 3 is 2.48 bits per heavy atom. The van der Waals surface area contributed by atoms with Crippen molar-refractivity contribution in [3.05, 3.63) is 35.4 Å². The van der Waals surface area contributed by atoms with Gasteiger partial charge in [-0.3, -0.25) is 11.3 Å². The van der Waals surface area contributed by atoms with Crippen molar-refractivity contribution in [2.75, 3.05) is 6.61 Å². The van der Waals surface area contributed by atoms with Gasteiger partial charge in [0.1, 0.15) is 0 Å². The van der Waals surface area contributed by atoms with Gasteiger partial charge in [0, 0.05) is 12.6 Å².